The van der Waals surface area contributed by atoms with E-state index in [1.54, 1.807) is 0 Å². The van der Waals surface area contributed by atoms with Gasteiger partial charge in [-0.1, -0.05) is 76.6 Å². The largest absolute Gasteiger partial charge is 0.483 e. The quantitative estimate of drug-likeness (QED) is 0.463. The Bertz CT molecular complexity index is 985. The van der Waals surface area contributed by atoms with Gasteiger partial charge in [0, 0.05) is 30.7 Å². The molecule has 0 unspecified atom stereocenters. The van der Waals surface area contributed by atoms with Crippen LogP contribution in [0.25, 0.3) is 0 Å². The van der Waals surface area contributed by atoms with Crippen molar-refractivity contribution < 1.29 is 9.53 Å². The summed E-state index contributed by atoms with van der Waals surface area (Å²) in [5, 5.41) is 0. The highest BCUT2D eigenvalue weighted by Crippen LogP contribution is 2.30. The molecule has 0 spiro atoms. The van der Waals surface area contributed by atoms with Crippen LogP contribution in [0.2, 0.25) is 0 Å². The minimum atomic E-state index is 0.0438. The molecule has 0 bridgehead atoms. The van der Waals surface area contributed by atoms with Crippen molar-refractivity contribution in [1.82, 2.24) is 9.80 Å². The van der Waals surface area contributed by atoms with E-state index in [2.05, 4.69) is 81.5 Å². The second-order valence-corrected chi connectivity index (χ2v) is 9.21. The van der Waals surface area contributed by atoms with Crippen molar-refractivity contribution >= 4 is 21.8 Å². The smallest absolute Gasteiger partial charge is 0.260 e. The van der Waals surface area contributed by atoms with Crippen molar-refractivity contribution in [2.45, 2.75) is 19.9 Å². The molecule has 166 valence electrons. The maximum absolute atomic E-state index is 12.9. The number of carbonyl (C=O) groups is 1. The SMILES string of the molecule is Cc1cc(Br)cc(C)c1OCC(=O)N1CCN(C(c2ccccc2)c2ccccc2)CC1. The minimum Gasteiger partial charge on any atom is -0.483 e. The second-order valence-electron chi connectivity index (χ2n) is 8.30. The third-order valence-electron chi connectivity index (χ3n) is 6.03. The van der Waals surface area contributed by atoms with Crippen LogP contribution in [0.5, 0.6) is 5.75 Å². The summed E-state index contributed by atoms with van der Waals surface area (Å²) in [6.07, 6.45) is 0. The number of nitrogens with zero attached hydrogens (tertiary/aromatic N) is 2. The highest BCUT2D eigenvalue weighted by Gasteiger charge is 2.28. The number of halogens is 1. The number of ether oxygens (including phenoxy) is 1. The maximum Gasteiger partial charge on any atom is 0.260 e. The molecule has 32 heavy (non-hydrogen) atoms. The van der Waals surface area contributed by atoms with Gasteiger partial charge in [-0.3, -0.25) is 9.69 Å². The lowest BCUT2D eigenvalue weighted by Crippen LogP contribution is -2.51. The predicted molar refractivity (Wildman–Crippen MR) is 132 cm³/mol. The van der Waals surface area contributed by atoms with Gasteiger partial charge < -0.3 is 9.64 Å². The van der Waals surface area contributed by atoms with E-state index in [1.807, 2.05) is 30.9 Å². The molecule has 4 nitrogen and oxygen atoms in total. The Morgan fingerprint density at radius 3 is 1.88 bits per heavy atom. The van der Waals surface area contributed by atoms with Crippen LogP contribution in [0.3, 0.4) is 0 Å². The summed E-state index contributed by atoms with van der Waals surface area (Å²) < 4.78 is 6.95. The van der Waals surface area contributed by atoms with Crippen molar-refractivity contribution in [3.05, 3.63) is 99.5 Å². The van der Waals surface area contributed by atoms with Gasteiger partial charge in [-0.05, 0) is 48.2 Å². The Labute approximate surface area is 198 Å². The van der Waals surface area contributed by atoms with E-state index in [0.717, 1.165) is 34.4 Å². The molecule has 1 aliphatic rings. The number of rotatable bonds is 6. The van der Waals surface area contributed by atoms with E-state index in [-0.39, 0.29) is 18.6 Å². The van der Waals surface area contributed by atoms with Gasteiger partial charge in [-0.2, -0.15) is 0 Å². The molecule has 0 saturated carbocycles. The molecule has 0 atom stereocenters. The molecule has 4 rings (SSSR count). The topological polar surface area (TPSA) is 32.8 Å². The average molecular weight is 493 g/mol. The van der Waals surface area contributed by atoms with Crippen LogP contribution in [0.4, 0.5) is 0 Å². The van der Waals surface area contributed by atoms with Gasteiger partial charge in [0.25, 0.3) is 5.91 Å². The van der Waals surface area contributed by atoms with E-state index in [1.165, 1.54) is 11.1 Å². The summed E-state index contributed by atoms with van der Waals surface area (Å²) in [4.78, 5) is 17.2. The molecule has 0 aromatic heterocycles. The molecular formula is C27H29BrN2O2. The Kier molecular flexibility index (Phi) is 7.28. The molecule has 0 radical (unpaired) electrons. The van der Waals surface area contributed by atoms with Crippen LogP contribution >= 0.6 is 15.9 Å². The van der Waals surface area contributed by atoms with Crippen LogP contribution in [0.1, 0.15) is 28.3 Å². The van der Waals surface area contributed by atoms with Gasteiger partial charge in [0.2, 0.25) is 0 Å². The first-order valence-corrected chi connectivity index (χ1v) is 11.8. The van der Waals surface area contributed by atoms with Gasteiger partial charge in [-0.25, -0.2) is 0 Å². The van der Waals surface area contributed by atoms with Gasteiger partial charge >= 0.3 is 0 Å². The summed E-state index contributed by atoms with van der Waals surface area (Å²) in [5.41, 5.74) is 4.62. The van der Waals surface area contributed by atoms with Gasteiger partial charge in [-0.15, -0.1) is 0 Å². The van der Waals surface area contributed by atoms with E-state index in [9.17, 15) is 4.79 Å². The Balaban J connectivity index is 1.40. The monoisotopic (exact) mass is 492 g/mol. The van der Waals surface area contributed by atoms with Crippen molar-refractivity contribution in [2.24, 2.45) is 0 Å². The molecule has 1 amide bonds. The fraction of sp³-hybridized carbons (Fsp3) is 0.296. The lowest BCUT2D eigenvalue weighted by molar-refractivity contribution is -0.135. The van der Waals surface area contributed by atoms with Crippen LogP contribution in [0.15, 0.2) is 77.3 Å². The molecule has 0 aliphatic carbocycles. The normalized spacial score (nSPS) is 14.6. The van der Waals surface area contributed by atoms with Gasteiger partial charge in [0.05, 0.1) is 6.04 Å². The summed E-state index contributed by atoms with van der Waals surface area (Å²) in [5.74, 6) is 0.843. The van der Waals surface area contributed by atoms with Crippen LogP contribution in [-0.2, 0) is 4.79 Å². The molecule has 1 saturated heterocycles. The van der Waals surface area contributed by atoms with E-state index < -0.39 is 0 Å². The number of hydrogen-bond acceptors (Lipinski definition) is 3. The lowest BCUT2D eigenvalue weighted by atomic mass is 9.96. The highest BCUT2D eigenvalue weighted by molar-refractivity contribution is 9.10. The van der Waals surface area contributed by atoms with E-state index in [4.69, 9.17) is 4.74 Å². The first-order chi connectivity index (χ1) is 15.5. The maximum atomic E-state index is 12.9. The minimum absolute atomic E-state index is 0.0438. The predicted octanol–water partition coefficient (Wildman–Crippen LogP) is 5.38. The third kappa shape index (κ3) is 5.22. The zero-order valence-corrected chi connectivity index (χ0v) is 20.2. The van der Waals surface area contributed by atoms with Crippen molar-refractivity contribution in [1.29, 1.82) is 0 Å². The van der Waals surface area contributed by atoms with Crippen molar-refractivity contribution in [3.8, 4) is 5.75 Å². The van der Waals surface area contributed by atoms with Crippen LogP contribution in [0, 0.1) is 13.8 Å². The number of amides is 1. The molecule has 1 heterocycles. The average Bonchev–Trinajstić information content (AvgIpc) is 2.80. The summed E-state index contributed by atoms with van der Waals surface area (Å²) in [6.45, 7) is 7.15. The molecule has 3 aromatic rings. The van der Waals surface area contributed by atoms with Crippen LogP contribution < -0.4 is 4.74 Å². The van der Waals surface area contributed by atoms with Gasteiger partial charge in [0.1, 0.15) is 5.75 Å². The first kappa shape index (κ1) is 22.6. The molecular weight excluding hydrogens is 464 g/mol. The third-order valence-corrected chi connectivity index (χ3v) is 6.49. The number of hydrogen-bond donors (Lipinski definition) is 0. The van der Waals surface area contributed by atoms with E-state index in [0.29, 0.717) is 13.1 Å². The summed E-state index contributed by atoms with van der Waals surface area (Å²) in [6, 6.07) is 25.4. The van der Waals surface area contributed by atoms with Crippen LogP contribution in [-0.4, -0.2) is 48.5 Å². The highest BCUT2D eigenvalue weighted by atomic mass is 79.9. The molecule has 1 aliphatic heterocycles. The fourth-order valence-electron chi connectivity index (χ4n) is 4.46. The number of piperazine rings is 1. The number of aryl methyl sites for hydroxylation is 2. The zero-order chi connectivity index (χ0) is 22.5. The number of benzene rings is 3. The van der Waals surface area contributed by atoms with E-state index >= 15 is 0 Å². The first-order valence-electron chi connectivity index (χ1n) is 11.0. The Morgan fingerprint density at radius 1 is 0.875 bits per heavy atom. The van der Waals surface area contributed by atoms with Gasteiger partial charge in [0.15, 0.2) is 6.61 Å². The Hall–Kier alpha value is -2.63. The molecule has 0 N–H and O–H groups in total. The molecule has 3 aromatic carbocycles. The zero-order valence-electron chi connectivity index (χ0n) is 18.6. The fourth-order valence-corrected chi connectivity index (χ4v) is 5.15. The Morgan fingerprint density at radius 2 is 1.38 bits per heavy atom. The van der Waals surface area contributed by atoms with Crippen molar-refractivity contribution in [2.75, 3.05) is 32.8 Å². The second kappa shape index (κ2) is 10.3. The molecule has 1 fully saturated rings. The lowest BCUT2D eigenvalue weighted by Gasteiger charge is -2.39. The standard InChI is InChI=1S/C27H29BrN2O2/c1-20-17-24(28)18-21(2)27(20)32-19-25(31)29-13-15-30(16-14-29)26(22-9-5-3-6-10-22)23-11-7-4-8-12-23/h3-12,17-18,26H,13-16,19H2,1-2H3. The van der Waals surface area contributed by atoms with Crippen molar-refractivity contribution in [3.63, 3.8) is 0 Å². The summed E-state index contributed by atoms with van der Waals surface area (Å²) >= 11 is 3.51. The number of carbonyl (C=O) groups excluding carboxylic acids is 1. The molecule has 5 heteroatoms. The summed E-state index contributed by atoms with van der Waals surface area (Å²) in [7, 11) is 0.